The minimum Gasteiger partial charge on any atom is -0.391 e. The number of amides is 2. The third-order valence-electron chi connectivity index (χ3n) is 5.15. The zero-order valence-corrected chi connectivity index (χ0v) is 15.7. The van der Waals surface area contributed by atoms with Crippen LogP contribution in [0.4, 0.5) is 5.69 Å². The number of aliphatic hydroxyl groups is 1. The van der Waals surface area contributed by atoms with E-state index >= 15 is 0 Å². The van der Waals surface area contributed by atoms with Crippen molar-refractivity contribution in [1.82, 2.24) is 9.88 Å². The number of β-amino-alcohol motifs (C(OH)–C–C–N with tert-alkyl or cyclic N) is 1. The number of carbonyl (C=O) groups excluding carboxylic acids is 2. The van der Waals surface area contributed by atoms with Gasteiger partial charge < -0.3 is 15.3 Å². The zero-order chi connectivity index (χ0) is 19.4. The lowest BCUT2D eigenvalue weighted by Crippen LogP contribution is -2.32. The number of aryl methyl sites for hydroxylation is 1. The molecule has 142 valence electrons. The molecule has 1 saturated heterocycles. The second-order valence-corrected chi connectivity index (χ2v) is 7.12. The van der Waals surface area contributed by atoms with E-state index in [1.165, 1.54) is 0 Å². The van der Waals surface area contributed by atoms with Crippen LogP contribution in [0.2, 0.25) is 0 Å². The highest BCUT2D eigenvalue weighted by atomic mass is 16.3. The Hall–Kier alpha value is -2.73. The molecule has 0 radical (unpaired) electrons. The molecule has 1 aliphatic heterocycles. The van der Waals surface area contributed by atoms with Crippen molar-refractivity contribution in [1.29, 1.82) is 0 Å². The summed E-state index contributed by atoms with van der Waals surface area (Å²) in [7, 11) is 0. The molecule has 2 amide bonds. The van der Waals surface area contributed by atoms with Crippen molar-refractivity contribution in [2.24, 2.45) is 5.92 Å². The van der Waals surface area contributed by atoms with Gasteiger partial charge in [-0.15, -0.1) is 0 Å². The number of nitrogens with zero attached hydrogens (tertiary/aromatic N) is 2. The molecule has 2 aromatic rings. The Morgan fingerprint density at radius 1 is 1.19 bits per heavy atom. The number of hydrogen-bond donors (Lipinski definition) is 2. The Labute approximate surface area is 159 Å². The topological polar surface area (TPSA) is 82.5 Å². The molecule has 2 heterocycles. The standard InChI is InChI=1S/C21H25N3O3/c1-14-6-5-8-18(15(14)2)23-20(26)11-21(27)24-12-16(19(25)13-24)10-17-7-3-4-9-22-17/h3-9,16,19,25H,10-13H2,1-2H3,(H,23,26)/t16-,19-/m1/s1. The van der Waals surface area contributed by atoms with Crippen LogP contribution in [0.25, 0.3) is 0 Å². The molecule has 1 aromatic heterocycles. The minimum atomic E-state index is -0.599. The summed E-state index contributed by atoms with van der Waals surface area (Å²) in [5, 5.41) is 13.1. The van der Waals surface area contributed by atoms with Crippen molar-refractivity contribution in [2.75, 3.05) is 18.4 Å². The van der Waals surface area contributed by atoms with Crippen LogP contribution in [0.1, 0.15) is 23.2 Å². The summed E-state index contributed by atoms with van der Waals surface area (Å²) in [6.45, 7) is 4.61. The summed E-state index contributed by atoms with van der Waals surface area (Å²) in [5.74, 6) is -0.664. The van der Waals surface area contributed by atoms with Gasteiger partial charge in [-0.25, -0.2) is 0 Å². The Kier molecular flexibility index (Phi) is 5.86. The predicted molar refractivity (Wildman–Crippen MR) is 103 cm³/mol. The Bertz CT molecular complexity index is 823. The fourth-order valence-corrected chi connectivity index (χ4v) is 3.38. The van der Waals surface area contributed by atoms with Gasteiger partial charge in [0, 0.05) is 36.6 Å². The fraction of sp³-hybridized carbons (Fsp3) is 0.381. The van der Waals surface area contributed by atoms with Crippen molar-refractivity contribution in [2.45, 2.75) is 32.8 Å². The maximum Gasteiger partial charge on any atom is 0.233 e. The Morgan fingerprint density at radius 3 is 2.74 bits per heavy atom. The monoisotopic (exact) mass is 367 g/mol. The molecule has 1 aliphatic rings. The van der Waals surface area contributed by atoms with Gasteiger partial charge in [0.05, 0.1) is 6.10 Å². The van der Waals surface area contributed by atoms with E-state index in [0.29, 0.717) is 13.0 Å². The van der Waals surface area contributed by atoms with E-state index in [1.54, 1.807) is 11.1 Å². The first-order chi connectivity index (χ1) is 12.9. The summed E-state index contributed by atoms with van der Waals surface area (Å²) in [6.07, 6.45) is 1.51. The van der Waals surface area contributed by atoms with Crippen LogP contribution >= 0.6 is 0 Å². The highest BCUT2D eigenvalue weighted by Gasteiger charge is 2.34. The molecule has 0 saturated carbocycles. The normalized spacial score (nSPS) is 19.1. The third kappa shape index (κ3) is 4.71. The number of carbonyl (C=O) groups is 2. The summed E-state index contributed by atoms with van der Waals surface area (Å²) in [5.41, 5.74) is 3.69. The van der Waals surface area contributed by atoms with E-state index in [4.69, 9.17) is 0 Å². The van der Waals surface area contributed by atoms with E-state index in [1.807, 2.05) is 50.2 Å². The SMILES string of the molecule is Cc1cccc(NC(=O)CC(=O)N2C[C@@H](Cc3ccccn3)[C@H](O)C2)c1C. The predicted octanol–water partition coefficient (Wildman–Crippen LogP) is 2.09. The van der Waals surface area contributed by atoms with Crippen LogP contribution in [0.5, 0.6) is 0 Å². The molecule has 6 heteroatoms. The number of anilines is 1. The van der Waals surface area contributed by atoms with Crippen LogP contribution in [-0.4, -0.2) is 46.0 Å². The summed E-state index contributed by atoms with van der Waals surface area (Å²) < 4.78 is 0. The van der Waals surface area contributed by atoms with Gasteiger partial charge in [-0.2, -0.15) is 0 Å². The Balaban J connectivity index is 1.55. The quantitative estimate of drug-likeness (QED) is 0.793. The molecular formula is C21H25N3O3. The summed E-state index contributed by atoms with van der Waals surface area (Å²) in [4.78, 5) is 30.6. The molecule has 27 heavy (non-hydrogen) atoms. The Morgan fingerprint density at radius 2 is 2.00 bits per heavy atom. The molecule has 1 fully saturated rings. The van der Waals surface area contributed by atoms with E-state index in [0.717, 1.165) is 22.5 Å². The minimum absolute atomic E-state index is 0.0640. The zero-order valence-electron chi connectivity index (χ0n) is 15.7. The van der Waals surface area contributed by atoms with Crippen molar-refractivity contribution >= 4 is 17.5 Å². The number of benzene rings is 1. The first kappa shape index (κ1) is 19.0. The van der Waals surface area contributed by atoms with E-state index in [2.05, 4.69) is 10.3 Å². The lowest BCUT2D eigenvalue weighted by molar-refractivity contribution is -0.134. The van der Waals surface area contributed by atoms with Crippen LogP contribution in [-0.2, 0) is 16.0 Å². The average molecular weight is 367 g/mol. The molecule has 6 nitrogen and oxygen atoms in total. The molecule has 0 bridgehead atoms. The van der Waals surface area contributed by atoms with Crippen LogP contribution in [0.15, 0.2) is 42.6 Å². The number of aromatic nitrogens is 1. The van der Waals surface area contributed by atoms with Crippen LogP contribution in [0, 0.1) is 19.8 Å². The van der Waals surface area contributed by atoms with Crippen LogP contribution in [0.3, 0.4) is 0 Å². The third-order valence-corrected chi connectivity index (χ3v) is 5.15. The molecule has 0 unspecified atom stereocenters. The van der Waals surface area contributed by atoms with Gasteiger partial charge in [-0.05, 0) is 49.6 Å². The van der Waals surface area contributed by atoms with Crippen molar-refractivity contribution in [3.05, 3.63) is 59.4 Å². The molecule has 3 rings (SSSR count). The number of pyridine rings is 1. The van der Waals surface area contributed by atoms with Crippen molar-refractivity contribution in [3.8, 4) is 0 Å². The summed E-state index contributed by atoms with van der Waals surface area (Å²) in [6, 6.07) is 11.3. The van der Waals surface area contributed by atoms with Crippen molar-refractivity contribution < 1.29 is 14.7 Å². The number of aliphatic hydroxyl groups excluding tert-OH is 1. The van der Waals surface area contributed by atoms with Gasteiger partial charge in [-0.1, -0.05) is 18.2 Å². The number of rotatable bonds is 5. The molecule has 1 aromatic carbocycles. The highest BCUT2D eigenvalue weighted by molar-refractivity contribution is 6.04. The van der Waals surface area contributed by atoms with Gasteiger partial charge >= 0.3 is 0 Å². The van der Waals surface area contributed by atoms with Gasteiger partial charge in [0.15, 0.2) is 0 Å². The largest absolute Gasteiger partial charge is 0.391 e. The number of nitrogens with one attached hydrogen (secondary N) is 1. The van der Waals surface area contributed by atoms with E-state index in [-0.39, 0.29) is 30.7 Å². The maximum absolute atomic E-state index is 12.5. The first-order valence-corrected chi connectivity index (χ1v) is 9.16. The fourth-order valence-electron chi connectivity index (χ4n) is 3.38. The molecule has 2 N–H and O–H groups in total. The number of likely N-dealkylation sites (tertiary alicyclic amines) is 1. The van der Waals surface area contributed by atoms with Gasteiger partial charge in [0.25, 0.3) is 0 Å². The van der Waals surface area contributed by atoms with Gasteiger partial charge in [-0.3, -0.25) is 14.6 Å². The smallest absolute Gasteiger partial charge is 0.233 e. The summed E-state index contributed by atoms with van der Waals surface area (Å²) >= 11 is 0. The molecule has 0 aliphatic carbocycles. The van der Waals surface area contributed by atoms with Gasteiger partial charge in [0.1, 0.15) is 6.42 Å². The lowest BCUT2D eigenvalue weighted by Gasteiger charge is -2.16. The van der Waals surface area contributed by atoms with E-state index < -0.39 is 6.10 Å². The first-order valence-electron chi connectivity index (χ1n) is 9.16. The van der Waals surface area contributed by atoms with Crippen LogP contribution < -0.4 is 5.32 Å². The highest BCUT2D eigenvalue weighted by Crippen LogP contribution is 2.22. The van der Waals surface area contributed by atoms with Crippen molar-refractivity contribution in [3.63, 3.8) is 0 Å². The molecule has 2 atom stereocenters. The number of hydrogen-bond acceptors (Lipinski definition) is 4. The maximum atomic E-state index is 12.5. The second kappa shape index (κ2) is 8.31. The van der Waals surface area contributed by atoms with Gasteiger partial charge in [0.2, 0.25) is 11.8 Å². The van der Waals surface area contributed by atoms with E-state index in [9.17, 15) is 14.7 Å². The lowest BCUT2D eigenvalue weighted by atomic mass is 10.00. The molecule has 0 spiro atoms. The molecular weight excluding hydrogens is 342 g/mol. The second-order valence-electron chi connectivity index (χ2n) is 7.12. The average Bonchev–Trinajstić information content (AvgIpc) is 3.00.